The molecule has 2 aromatic carbocycles. The van der Waals surface area contributed by atoms with Crippen molar-refractivity contribution in [3.63, 3.8) is 0 Å². The van der Waals surface area contributed by atoms with Gasteiger partial charge in [0, 0.05) is 12.1 Å². The second-order valence-electron chi connectivity index (χ2n) is 6.89. The fourth-order valence-electron chi connectivity index (χ4n) is 2.44. The lowest BCUT2D eigenvalue weighted by Gasteiger charge is -2.24. The van der Waals surface area contributed by atoms with E-state index >= 15 is 0 Å². The third kappa shape index (κ3) is 5.21. The summed E-state index contributed by atoms with van der Waals surface area (Å²) >= 11 is 0. The second-order valence-corrected chi connectivity index (χ2v) is 6.89. The molecule has 1 N–H and O–H groups in total. The first-order valence-corrected chi connectivity index (χ1v) is 8.96. The minimum absolute atomic E-state index is 0. The lowest BCUT2D eigenvalue weighted by molar-refractivity contribution is 0.359. The summed E-state index contributed by atoms with van der Waals surface area (Å²) in [7, 11) is 1.62. The molecule has 0 unspecified atom stereocenters. The Balaban J connectivity index is 0.00000280. The molecule has 0 aliphatic heterocycles. The van der Waals surface area contributed by atoms with E-state index in [1.807, 2.05) is 48.5 Å². The van der Waals surface area contributed by atoms with Gasteiger partial charge in [0.25, 0.3) is 0 Å². The number of halogens is 1. The number of aromatic nitrogens is 4. The number of tetrazole rings is 1. The van der Waals surface area contributed by atoms with Crippen LogP contribution in [0.25, 0.3) is 5.69 Å². The number of para-hydroxylation sites is 1. The molecule has 0 aliphatic carbocycles. The first-order chi connectivity index (χ1) is 13.0. The van der Waals surface area contributed by atoms with Crippen LogP contribution in [0.15, 0.2) is 48.5 Å². The molecule has 0 aliphatic rings. The molecule has 0 atom stereocenters. The molecule has 0 amide bonds. The zero-order valence-electron chi connectivity index (χ0n) is 16.5. The fourth-order valence-corrected chi connectivity index (χ4v) is 2.44. The van der Waals surface area contributed by atoms with Crippen molar-refractivity contribution >= 4 is 12.4 Å². The van der Waals surface area contributed by atoms with Gasteiger partial charge < -0.3 is 14.8 Å². The largest absolute Gasteiger partial charge is 0.493 e. The predicted molar refractivity (Wildman–Crippen MR) is 111 cm³/mol. The van der Waals surface area contributed by atoms with E-state index in [0.29, 0.717) is 11.5 Å². The fraction of sp³-hybridized carbons (Fsp3) is 0.350. The number of ether oxygens (including phenoxy) is 2. The molecular weight excluding hydrogens is 378 g/mol. The van der Waals surface area contributed by atoms with E-state index < -0.39 is 0 Å². The van der Waals surface area contributed by atoms with E-state index in [2.05, 4.69) is 41.6 Å². The van der Waals surface area contributed by atoms with Gasteiger partial charge in [-0.15, -0.1) is 12.4 Å². The number of hydrogen-bond donors (Lipinski definition) is 1. The third-order valence-corrected chi connectivity index (χ3v) is 4.53. The molecule has 0 spiro atoms. The molecule has 1 heterocycles. The highest BCUT2D eigenvalue weighted by molar-refractivity contribution is 5.85. The second kappa shape index (κ2) is 9.52. The van der Waals surface area contributed by atoms with Crippen LogP contribution in [0.4, 0.5) is 0 Å². The maximum atomic E-state index is 5.93. The van der Waals surface area contributed by atoms with Crippen LogP contribution in [0.3, 0.4) is 0 Å². The van der Waals surface area contributed by atoms with Crippen LogP contribution in [-0.2, 0) is 6.54 Å². The number of nitrogens with zero attached hydrogens (tertiary/aromatic N) is 4. The summed E-state index contributed by atoms with van der Waals surface area (Å²) in [5, 5.41) is 15.2. The van der Waals surface area contributed by atoms with Crippen molar-refractivity contribution in [1.82, 2.24) is 25.5 Å². The van der Waals surface area contributed by atoms with Crippen molar-refractivity contribution in [2.45, 2.75) is 39.3 Å². The summed E-state index contributed by atoms with van der Waals surface area (Å²) in [4.78, 5) is 0. The molecule has 0 saturated heterocycles. The molecule has 1 aromatic heterocycles. The Morgan fingerprint density at radius 2 is 1.82 bits per heavy atom. The summed E-state index contributed by atoms with van der Waals surface area (Å²) < 4.78 is 13.0. The van der Waals surface area contributed by atoms with Gasteiger partial charge in [0.05, 0.1) is 12.8 Å². The number of hydrogen-bond acceptors (Lipinski definition) is 6. The molecule has 0 bridgehead atoms. The third-order valence-electron chi connectivity index (χ3n) is 4.53. The average Bonchev–Trinajstić information content (AvgIpc) is 3.16. The van der Waals surface area contributed by atoms with Crippen LogP contribution in [0.1, 0.15) is 32.8 Å². The zero-order chi connectivity index (χ0) is 19.3. The van der Waals surface area contributed by atoms with Crippen LogP contribution in [-0.4, -0.2) is 32.9 Å². The van der Waals surface area contributed by atoms with Gasteiger partial charge in [-0.1, -0.05) is 36.3 Å². The van der Waals surface area contributed by atoms with Gasteiger partial charge in [-0.3, -0.25) is 0 Å². The number of rotatable bonds is 8. The molecular formula is C20H26ClN5O2. The van der Waals surface area contributed by atoms with Crippen molar-refractivity contribution < 1.29 is 9.47 Å². The van der Waals surface area contributed by atoms with Crippen molar-refractivity contribution in [3.8, 4) is 23.2 Å². The van der Waals surface area contributed by atoms with Gasteiger partial charge >= 0.3 is 6.01 Å². The van der Waals surface area contributed by atoms with E-state index in [-0.39, 0.29) is 24.0 Å². The molecule has 150 valence electrons. The Kier molecular flexibility index (Phi) is 7.37. The van der Waals surface area contributed by atoms with Crippen molar-refractivity contribution in [3.05, 3.63) is 54.1 Å². The van der Waals surface area contributed by atoms with Crippen molar-refractivity contribution in [2.75, 3.05) is 7.11 Å². The number of benzene rings is 2. The number of methoxy groups -OCH3 is 1. The van der Waals surface area contributed by atoms with Gasteiger partial charge in [0.2, 0.25) is 0 Å². The van der Waals surface area contributed by atoms with Crippen LogP contribution in [0.2, 0.25) is 0 Å². The summed E-state index contributed by atoms with van der Waals surface area (Å²) in [5.41, 5.74) is 2.02. The highest BCUT2D eigenvalue weighted by Crippen LogP contribution is 2.32. The summed E-state index contributed by atoms with van der Waals surface area (Å²) in [6.07, 6.45) is 1.05. The molecule has 3 rings (SSSR count). The molecule has 0 fully saturated rings. The van der Waals surface area contributed by atoms with E-state index in [1.54, 1.807) is 11.8 Å². The Bertz CT molecular complexity index is 883. The Hall–Kier alpha value is -2.64. The highest BCUT2D eigenvalue weighted by Gasteiger charge is 2.16. The van der Waals surface area contributed by atoms with Crippen LogP contribution >= 0.6 is 12.4 Å². The smallest absolute Gasteiger partial charge is 0.346 e. The monoisotopic (exact) mass is 403 g/mol. The summed E-state index contributed by atoms with van der Waals surface area (Å²) in [6, 6.07) is 15.7. The lowest BCUT2D eigenvalue weighted by atomic mass is 10.0. The molecule has 7 nitrogen and oxygen atoms in total. The maximum absolute atomic E-state index is 5.93. The molecule has 28 heavy (non-hydrogen) atoms. The van der Waals surface area contributed by atoms with Gasteiger partial charge in [-0.05, 0) is 60.5 Å². The molecule has 0 saturated carbocycles. The Morgan fingerprint density at radius 3 is 2.50 bits per heavy atom. The van der Waals surface area contributed by atoms with E-state index in [4.69, 9.17) is 9.47 Å². The van der Waals surface area contributed by atoms with Crippen LogP contribution in [0, 0.1) is 0 Å². The minimum atomic E-state index is 0. The molecule has 8 heteroatoms. The van der Waals surface area contributed by atoms with E-state index in [0.717, 1.165) is 24.2 Å². The summed E-state index contributed by atoms with van der Waals surface area (Å²) in [6.45, 7) is 7.29. The Morgan fingerprint density at radius 1 is 1.07 bits per heavy atom. The number of nitrogens with one attached hydrogen (secondary N) is 1. The van der Waals surface area contributed by atoms with Gasteiger partial charge in [0.1, 0.15) is 0 Å². The molecule has 0 radical (unpaired) electrons. The standard InChI is InChI=1S/C20H25N5O2.ClH/c1-5-20(2,3)21-14-15-11-12-17(18(13-15)26-4)27-19-22-23-24-25(19)16-9-7-6-8-10-16;/h6-13,21H,5,14H2,1-4H3;1H. The lowest BCUT2D eigenvalue weighted by Crippen LogP contribution is -2.37. The topological polar surface area (TPSA) is 74.1 Å². The van der Waals surface area contributed by atoms with E-state index in [1.165, 1.54) is 0 Å². The Labute approximate surface area is 171 Å². The molecule has 3 aromatic rings. The maximum Gasteiger partial charge on any atom is 0.346 e. The van der Waals surface area contributed by atoms with Crippen molar-refractivity contribution in [2.24, 2.45) is 0 Å². The van der Waals surface area contributed by atoms with Crippen molar-refractivity contribution in [1.29, 1.82) is 0 Å². The summed E-state index contributed by atoms with van der Waals surface area (Å²) in [5.74, 6) is 1.19. The predicted octanol–water partition coefficient (Wildman–Crippen LogP) is 4.16. The minimum Gasteiger partial charge on any atom is -0.493 e. The van der Waals surface area contributed by atoms with Gasteiger partial charge in [-0.2, -0.15) is 4.68 Å². The zero-order valence-corrected chi connectivity index (χ0v) is 17.4. The van der Waals surface area contributed by atoms with E-state index in [9.17, 15) is 0 Å². The van der Waals surface area contributed by atoms with Crippen LogP contribution < -0.4 is 14.8 Å². The average molecular weight is 404 g/mol. The van der Waals surface area contributed by atoms with Gasteiger partial charge in [-0.25, -0.2) is 0 Å². The van der Waals surface area contributed by atoms with Crippen LogP contribution in [0.5, 0.6) is 17.5 Å². The quantitative estimate of drug-likeness (QED) is 0.608. The normalized spacial score (nSPS) is 11.0. The van der Waals surface area contributed by atoms with Gasteiger partial charge in [0.15, 0.2) is 11.5 Å². The first-order valence-electron chi connectivity index (χ1n) is 8.96. The first kappa shape index (κ1) is 21.7. The highest BCUT2D eigenvalue weighted by atomic mass is 35.5. The SMILES string of the molecule is CCC(C)(C)NCc1ccc(Oc2nnnn2-c2ccccc2)c(OC)c1.Cl.